The van der Waals surface area contributed by atoms with Crippen molar-refractivity contribution < 1.29 is 14.7 Å². The van der Waals surface area contributed by atoms with Crippen LogP contribution in [-0.2, 0) is 11.3 Å². The molecule has 0 aliphatic heterocycles. The van der Waals surface area contributed by atoms with Gasteiger partial charge >= 0.3 is 12.0 Å². The highest BCUT2D eigenvalue weighted by molar-refractivity contribution is 6.31. The third-order valence-corrected chi connectivity index (χ3v) is 3.38. The van der Waals surface area contributed by atoms with Crippen LogP contribution in [0, 0.1) is 5.92 Å². The molecule has 0 heterocycles. The Bertz CT molecular complexity index is 505. The van der Waals surface area contributed by atoms with Crippen LogP contribution in [0.1, 0.15) is 25.8 Å². The lowest BCUT2D eigenvalue weighted by molar-refractivity contribution is -0.139. The standard InChI is InChI=1S/C15H21ClN2O3/c1-10(2)8-13(14(19)20)17-15(21)18(3)9-11-6-4-5-7-12(11)16/h4-7,10,13H,8-9H2,1-3H3,(H,17,21)(H,19,20)/t13-/m1/s1. The van der Waals surface area contributed by atoms with E-state index in [0.29, 0.717) is 18.0 Å². The predicted molar refractivity (Wildman–Crippen MR) is 82.3 cm³/mol. The Morgan fingerprint density at radius 1 is 1.33 bits per heavy atom. The first-order valence-corrected chi connectivity index (χ1v) is 7.17. The quantitative estimate of drug-likeness (QED) is 0.848. The summed E-state index contributed by atoms with van der Waals surface area (Å²) in [6.07, 6.45) is 0.390. The molecule has 0 saturated heterocycles. The number of rotatable bonds is 6. The Hall–Kier alpha value is -1.75. The molecule has 0 aliphatic rings. The number of aliphatic carboxylic acids is 1. The van der Waals surface area contributed by atoms with Crippen molar-refractivity contribution in [2.45, 2.75) is 32.9 Å². The van der Waals surface area contributed by atoms with Crippen LogP contribution in [0.3, 0.4) is 0 Å². The number of carbonyl (C=O) groups is 2. The SMILES string of the molecule is CC(C)C[C@@H](NC(=O)N(C)Cc1ccccc1Cl)C(=O)O. The zero-order valence-corrected chi connectivity index (χ0v) is 13.2. The molecule has 2 amide bonds. The number of hydrogen-bond donors (Lipinski definition) is 2. The van der Waals surface area contributed by atoms with Gasteiger partial charge in [0.15, 0.2) is 0 Å². The summed E-state index contributed by atoms with van der Waals surface area (Å²) in [5.41, 5.74) is 0.813. The number of carboxylic acids is 1. The van der Waals surface area contributed by atoms with Crippen LogP contribution in [0.15, 0.2) is 24.3 Å². The first-order chi connectivity index (χ1) is 9.81. The van der Waals surface area contributed by atoms with Gasteiger partial charge in [-0.1, -0.05) is 43.6 Å². The summed E-state index contributed by atoms with van der Waals surface area (Å²) < 4.78 is 0. The normalized spacial score (nSPS) is 12.0. The molecule has 0 unspecified atom stereocenters. The maximum Gasteiger partial charge on any atom is 0.326 e. The molecule has 0 radical (unpaired) electrons. The van der Waals surface area contributed by atoms with Gasteiger partial charge in [-0.15, -0.1) is 0 Å². The molecule has 0 bridgehead atoms. The molecule has 0 spiro atoms. The summed E-state index contributed by atoms with van der Waals surface area (Å²) in [4.78, 5) is 24.6. The first kappa shape index (κ1) is 17.3. The zero-order chi connectivity index (χ0) is 16.0. The molecule has 21 heavy (non-hydrogen) atoms. The number of carbonyl (C=O) groups excluding carboxylic acids is 1. The van der Waals surface area contributed by atoms with Crippen LogP contribution in [-0.4, -0.2) is 35.1 Å². The average molecular weight is 313 g/mol. The van der Waals surface area contributed by atoms with Gasteiger partial charge in [-0.25, -0.2) is 9.59 Å². The lowest BCUT2D eigenvalue weighted by Gasteiger charge is -2.22. The second kappa shape index (κ2) is 7.88. The van der Waals surface area contributed by atoms with Crippen molar-refractivity contribution in [2.75, 3.05) is 7.05 Å². The van der Waals surface area contributed by atoms with E-state index in [9.17, 15) is 9.59 Å². The van der Waals surface area contributed by atoms with Gasteiger partial charge in [0, 0.05) is 18.6 Å². The van der Waals surface area contributed by atoms with Gasteiger partial charge in [0.05, 0.1) is 0 Å². The minimum absolute atomic E-state index is 0.181. The number of halogens is 1. The van der Waals surface area contributed by atoms with Gasteiger partial charge < -0.3 is 15.3 Å². The second-order valence-corrected chi connectivity index (χ2v) is 5.82. The van der Waals surface area contributed by atoms with E-state index in [1.807, 2.05) is 32.0 Å². The summed E-state index contributed by atoms with van der Waals surface area (Å²) >= 11 is 6.05. The predicted octanol–water partition coefficient (Wildman–Crippen LogP) is 2.98. The van der Waals surface area contributed by atoms with Gasteiger partial charge in [0.25, 0.3) is 0 Å². The maximum atomic E-state index is 12.1. The summed E-state index contributed by atoms with van der Waals surface area (Å²) in [6.45, 7) is 4.14. The average Bonchev–Trinajstić information content (AvgIpc) is 2.39. The molecule has 0 aliphatic carbocycles. The van der Waals surface area contributed by atoms with Gasteiger partial charge in [0.2, 0.25) is 0 Å². The van der Waals surface area contributed by atoms with Gasteiger partial charge in [-0.05, 0) is 24.0 Å². The maximum absolute atomic E-state index is 12.1. The lowest BCUT2D eigenvalue weighted by Crippen LogP contribution is -2.47. The van der Waals surface area contributed by atoms with E-state index in [-0.39, 0.29) is 5.92 Å². The van der Waals surface area contributed by atoms with Crippen molar-refractivity contribution >= 4 is 23.6 Å². The fourth-order valence-corrected chi connectivity index (χ4v) is 2.10. The molecule has 1 aromatic carbocycles. The van der Waals surface area contributed by atoms with Crippen LogP contribution in [0.2, 0.25) is 5.02 Å². The van der Waals surface area contributed by atoms with E-state index in [0.717, 1.165) is 5.56 Å². The summed E-state index contributed by atoms with van der Waals surface area (Å²) in [7, 11) is 1.60. The summed E-state index contributed by atoms with van der Waals surface area (Å²) in [5.74, 6) is -0.844. The van der Waals surface area contributed by atoms with Crippen LogP contribution in [0.25, 0.3) is 0 Å². The minimum atomic E-state index is -1.02. The topological polar surface area (TPSA) is 69.6 Å². The third kappa shape index (κ3) is 5.63. The zero-order valence-electron chi connectivity index (χ0n) is 12.5. The van der Waals surface area contributed by atoms with E-state index < -0.39 is 18.0 Å². The van der Waals surface area contributed by atoms with Crippen molar-refractivity contribution in [3.8, 4) is 0 Å². The molecule has 5 nitrogen and oxygen atoms in total. The minimum Gasteiger partial charge on any atom is -0.480 e. The molecular weight excluding hydrogens is 292 g/mol. The van der Waals surface area contributed by atoms with Crippen LogP contribution in [0.5, 0.6) is 0 Å². The number of urea groups is 1. The Morgan fingerprint density at radius 2 is 1.95 bits per heavy atom. The number of amides is 2. The van der Waals surface area contributed by atoms with Gasteiger partial charge in [0.1, 0.15) is 6.04 Å². The van der Waals surface area contributed by atoms with Crippen molar-refractivity contribution in [1.29, 1.82) is 0 Å². The van der Waals surface area contributed by atoms with Gasteiger partial charge in [-0.2, -0.15) is 0 Å². The van der Waals surface area contributed by atoms with Crippen molar-refractivity contribution in [3.63, 3.8) is 0 Å². The largest absolute Gasteiger partial charge is 0.480 e. The van der Waals surface area contributed by atoms with Crippen molar-refractivity contribution in [2.24, 2.45) is 5.92 Å². The number of hydrogen-bond acceptors (Lipinski definition) is 2. The highest BCUT2D eigenvalue weighted by atomic mass is 35.5. The van der Waals surface area contributed by atoms with E-state index in [2.05, 4.69) is 5.32 Å². The fourth-order valence-electron chi connectivity index (χ4n) is 1.91. The van der Waals surface area contributed by atoms with E-state index in [4.69, 9.17) is 16.7 Å². The van der Waals surface area contributed by atoms with Crippen LogP contribution < -0.4 is 5.32 Å². The van der Waals surface area contributed by atoms with Crippen molar-refractivity contribution in [3.05, 3.63) is 34.9 Å². The van der Waals surface area contributed by atoms with Crippen LogP contribution >= 0.6 is 11.6 Å². The summed E-state index contributed by atoms with van der Waals surface area (Å²) in [5, 5.41) is 12.2. The molecular formula is C15H21ClN2O3. The third-order valence-electron chi connectivity index (χ3n) is 3.01. The van der Waals surface area contributed by atoms with Crippen LogP contribution in [0.4, 0.5) is 4.79 Å². The van der Waals surface area contributed by atoms with E-state index >= 15 is 0 Å². The van der Waals surface area contributed by atoms with E-state index in [1.54, 1.807) is 13.1 Å². The van der Waals surface area contributed by atoms with Crippen molar-refractivity contribution in [1.82, 2.24) is 10.2 Å². The first-order valence-electron chi connectivity index (χ1n) is 6.79. The van der Waals surface area contributed by atoms with E-state index in [1.165, 1.54) is 4.90 Å². The molecule has 0 fully saturated rings. The monoisotopic (exact) mass is 312 g/mol. The molecule has 116 valence electrons. The number of carboxylic acid groups (broad SMARTS) is 1. The smallest absolute Gasteiger partial charge is 0.326 e. The number of nitrogens with zero attached hydrogens (tertiary/aromatic N) is 1. The highest BCUT2D eigenvalue weighted by Gasteiger charge is 2.22. The molecule has 1 atom stereocenters. The summed E-state index contributed by atoms with van der Waals surface area (Å²) in [6, 6.07) is 5.92. The molecule has 2 N–H and O–H groups in total. The molecule has 1 aromatic rings. The Kier molecular flexibility index (Phi) is 6.49. The van der Waals surface area contributed by atoms with Gasteiger partial charge in [-0.3, -0.25) is 0 Å². The molecule has 1 rings (SSSR count). The fraction of sp³-hybridized carbons (Fsp3) is 0.467. The Balaban J connectivity index is 2.65. The lowest BCUT2D eigenvalue weighted by atomic mass is 10.0. The molecule has 0 saturated carbocycles. The number of nitrogens with one attached hydrogen (secondary N) is 1. The number of benzene rings is 1. The highest BCUT2D eigenvalue weighted by Crippen LogP contribution is 2.16. The Morgan fingerprint density at radius 3 is 2.48 bits per heavy atom. The Labute approximate surface area is 129 Å². The molecule has 0 aromatic heterocycles. The molecule has 6 heteroatoms. The second-order valence-electron chi connectivity index (χ2n) is 5.42.